The molecule has 0 unspecified atom stereocenters. The number of hydrogen-bond acceptors (Lipinski definition) is 4. The summed E-state index contributed by atoms with van der Waals surface area (Å²) in [5, 5.41) is 3.21. The van der Waals surface area contributed by atoms with Gasteiger partial charge in [-0.3, -0.25) is 4.55 Å². The van der Waals surface area contributed by atoms with E-state index in [4.69, 9.17) is 10.3 Å². The maximum Gasteiger partial charge on any atom is 0.416 e. The largest absolute Gasteiger partial charge is 0.416 e. The number of fused-ring (bicyclic) bond motifs is 1. The van der Waals surface area contributed by atoms with E-state index in [-0.39, 0.29) is 12.1 Å². The van der Waals surface area contributed by atoms with Crippen molar-refractivity contribution in [2.75, 3.05) is 11.6 Å². The van der Waals surface area contributed by atoms with Crippen molar-refractivity contribution in [3.63, 3.8) is 0 Å². The molecule has 1 aromatic rings. The molecule has 0 saturated heterocycles. The summed E-state index contributed by atoms with van der Waals surface area (Å²) in [7, 11) is -3.67. The number of hydrogen-bond donors (Lipinski definition) is 3. The van der Waals surface area contributed by atoms with Crippen LogP contribution in [0.4, 0.5) is 18.9 Å². The van der Waals surface area contributed by atoms with E-state index in [1.54, 1.807) is 0 Å². The molecular formula is C13H19F3N2O3S. The fourth-order valence-electron chi connectivity index (χ4n) is 2.16. The second-order valence-corrected chi connectivity index (χ2v) is 6.59. The highest BCUT2D eigenvalue weighted by molar-refractivity contribution is 7.85. The Morgan fingerprint density at radius 2 is 1.95 bits per heavy atom. The van der Waals surface area contributed by atoms with Gasteiger partial charge in [0.2, 0.25) is 0 Å². The Morgan fingerprint density at radius 1 is 1.41 bits per heavy atom. The molecule has 0 bridgehead atoms. The van der Waals surface area contributed by atoms with Gasteiger partial charge in [0.25, 0.3) is 10.1 Å². The Bertz CT molecular complexity index is 609. The summed E-state index contributed by atoms with van der Waals surface area (Å²) in [6, 6.07) is 3.64. The molecule has 0 spiro atoms. The molecule has 1 aliphatic rings. The van der Waals surface area contributed by atoms with Crippen molar-refractivity contribution in [2.45, 2.75) is 38.0 Å². The Hall–Kier alpha value is -1.32. The van der Waals surface area contributed by atoms with Crippen LogP contribution in [-0.4, -0.2) is 25.3 Å². The fraction of sp³-hybridized carbons (Fsp3) is 0.538. The molecule has 4 N–H and O–H groups in total. The number of alkyl halides is 3. The molecule has 0 radical (unpaired) electrons. The molecule has 2 rings (SSSR count). The summed E-state index contributed by atoms with van der Waals surface area (Å²) >= 11 is 0. The predicted octanol–water partition coefficient (Wildman–Crippen LogP) is 2.80. The van der Waals surface area contributed by atoms with Crippen LogP contribution in [0, 0.1) is 0 Å². The van der Waals surface area contributed by atoms with Crippen molar-refractivity contribution in [2.24, 2.45) is 5.73 Å². The molecule has 0 aliphatic carbocycles. The lowest BCUT2D eigenvalue weighted by Crippen LogP contribution is -2.31. The molecule has 1 aliphatic heterocycles. The summed E-state index contributed by atoms with van der Waals surface area (Å²) in [5.74, 6) is 0. The Morgan fingerprint density at radius 3 is 2.41 bits per heavy atom. The third-order valence-corrected chi connectivity index (χ3v) is 3.17. The minimum absolute atomic E-state index is 0.245. The molecule has 0 amide bonds. The van der Waals surface area contributed by atoms with Gasteiger partial charge in [-0.15, -0.1) is 0 Å². The van der Waals surface area contributed by atoms with Gasteiger partial charge in [0.15, 0.2) is 0 Å². The second-order valence-electron chi connectivity index (χ2n) is 5.12. The van der Waals surface area contributed by atoms with Crippen LogP contribution in [-0.2, 0) is 16.3 Å². The van der Waals surface area contributed by atoms with Crippen LogP contribution in [0.3, 0.4) is 0 Å². The molecule has 5 nitrogen and oxygen atoms in total. The van der Waals surface area contributed by atoms with Gasteiger partial charge < -0.3 is 11.1 Å². The smallest absolute Gasteiger partial charge is 0.382 e. The van der Waals surface area contributed by atoms with Gasteiger partial charge in [-0.25, -0.2) is 0 Å². The molecule has 0 saturated carbocycles. The van der Waals surface area contributed by atoms with E-state index in [0.29, 0.717) is 18.2 Å². The Labute approximate surface area is 127 Å². The highest BCUT2D eigenvalue weighted by Crippen LogP contribution is 2.37. The van der Waals surface area contributed by atoms with Crippen LogP contribution in [0.15, 0.2) is 18.2 Å². The molecule has 126 valence electrons. The maximum atomic E-state index is 12.6. The molecule has 9 heteroatoms. The van der Waals surface area contributed by atoms with Gasteiger partial charge in [-0.1, -0.05) is 6.92 Å². The number of halogens is 3. The minimum Gasteiger partial charge on any atom is -0.382 e. The predicted molar refractivity (Wildman–Crippen MR) is 78.2 cm³/mol. The highest BCUT2D eigenvalue weighted by Gasteiger charge is 2.32. The van der Waals surface area contributed by atoms with Crippen molar-refractivity contribution in [1.29, 1.82) is 0 Å². The second kappa shape index (κ2) is 6.84. The van der Waals surface area contributed by atoms with E-state index < -0.39 is 21.9 Å². The number of nitrogens with one attached hydrogen (secondary N) is 1. The van der Waals surface area contributed by atoms with Gasteiger partial charge in [-0.2, -0.15) is 21.6 Å². The molecule has 1 heterocycles. The van der Waals surface area contributed by atoms with Crippen molar-refractivity contribution in [3.05, 3.63) is 29.3 Å². The lowest BCUT2D eigenvalue weighted by Gasteiger charge is -2.31. The molecule has 1 aromatic carbocycles. The van der Waals surface area contributed by atoms with E-state index in [1.807, 2.05) is 6.92 Å². The van der Waals surface area contributed by atoms with Crippen LogP contribution in [0.25, 0.3) is 0 Å². The summed E-state index contributed by atoms with van der Waals surface area (Å²) in [5.41, 5.74) is 6.57. The number of anilines is 1. The van der Waals surface area contributed by atoms with Crippen LogP contribution >= 0.6 is 0 Å². The first kappa shape index (κ1) is 18.7. The highest BCUT2D eigenvalue weighted by atomic mass is 32.2. The van der Waals surface area contributed by atoms with Gasteiger partial charge in [-0.05, 0) is 36.6 Å². The Balaban J connectivity index is 0.000000422. The standard InChI is InChI=1S/C12H15F3N2.CH4O3S/c1-2-8-6-10(16)9-5-7(12(13,14)15)3-4-11(9)17-8;1-5(2,3)4/h3-5,8,10,17H,2,6,16H2,1H3;1H3,(H,2,3,4)/t8-,10+;/m1./s1. The first-order chi connectivity index (χ1) is 9.91. The number of nitrogens with two attached hydrogens (primary N) is 1. The Kier molecular flexibility index (Phi) is 5.82. The topological polar surface area (TPSA) is 92.4 Å². The van der Waals surface area contributed by atoms with Crippen LogP contribution in [0.1, 0.15) is 36.9 Å². The van der Waals surface area contributed by atoms with Crippen molar-refractivity contribution in [1.82, 2.24) is 0 Å². The lowest BCUT2D eigenvalue weighted by molar-refractivity contribution is -0.137. The van der Waals surface area contributed by atoms with Crippen LogP contribution < -0.4 is 11.1 Å². The first-order valence-electron chi connectivity index (χ1n) is 6.57. The van der Waals surface area contributed by atoms with E-state index in [0.717, 1.165) is 24.2 Å². The third-order valence-electron chi connectivity index (χ3n) is 3.17. The van der Waals surface area contributed by atoms with Gasteiger partial charge in [0, 0.05) is 17.8 Å². The SMILES string of the molecule is CC[C@@H]1C[C@H](N)c2cc(C(F)(F)F)ccc2N1.CS(=O)(=O)O. The van der Waals surface area contributed by atoms with E-state index in [9.17, 15) is 21.6 Å². The monoisotopic (exact) mass is 340 g/mol. The maximum absolute atomic E-state index is 12.6. The van der Waals surface area contributed by atoms with Crippen LogP contribution in [0.2, 0.25) is 0 Å². The summed E-state index contributed by atoms with van der Waals surface area (Å²) in [6.45, 7) is 2.03. The van der Waals surface area contributed by atoms with Crippen molar-refractivity contribution >= 4 is 15.8 Å². The number of rotatable bonds is 1. The van der Waals surface area contributed by atoms with E-state index in [2.05, 4.69) is 5.32 Å². The van der Waals surface area contributed by atoms with Crippen LogP contribution in [0.5, 0.6) is 0 Å². The normalized spacial score (nSPS) is 21.2. The minimum atomic E-state index is -4.31. The van der Waals surface area contributed by atoms with E-state index >= 15 is 0 Å². The average Bonchev–Trinajstić information content (AvgIpc) is 2.35. The molecule has 0 aromatic heterocycles. The first-order valence-corrected chi connectivity index (χ1v) is 8.42. The van der Waals surface area contributed by atoms with Gasteiger partial charge in [0.1, 0.15) is 0 Å². The summed E-state index contributed by atoms with van der Waals surface area (Å²) in [4.78, 5) is 0. The average molecular weight is 340 g/mol. The molecular weight excluding hydrogens is 321 g/mol. The summed E-state index contributed by atoms with van der Waals surface area (Å²) in [6.07, 6.45) is -2.01. The fourth-order valence-corrected chi connectivity index (χ4v) is 2.16. The van der Waals surface area contributed by atoms with Crippen molar-refractivity contribution in [3.8, 4) is 0 Å². The molecule has 2 atom stereocenters. The molecule has 0 fully saturated rings. The number of benzene rings is 1. The quantitative estimate of drug-likeness (QED) is 0.684. The van der Waals surface area contributed by atoms with Gasteiger partial charge in [0.05, 0.1) is 11.8 Å². The molecule has 22 heavy (non-hydrogen) atoms. The summed E-state index contributed by atoms with van der Waals surface area (Å²) < 4.78 is 63.6. The zero-order chi connectivity index (χ0) is 17.1. The van der Waals surface area contributed by atoms with Gasteiger partial charge >= 0.3 is 6.18 Å². The lowest BCUT2D eigenvalue weighted by atomic mass is 9.91. The third kappa shape index (κ3) is 5.82. The zero-order valence-corrected chi connectivity index (χ0v) is 13.0. The zero-order valence-electron chi connectivity index (χ0n) is 12.2. The van der Waals surface area contributed by atoms with Crippen molar-refractivity contribution < 1.29 is 26.1 Å². The van der Waals surface area contributed by atoms with E-state index in [1.165, 1.54) is 6.07 Å².